The van der Waals surface area contributed by atoms with Gasteiger partial charge in [0.1, 0.15) is 18.3 Å². The van der Waals surface area contributed by atoms with Gasteiger partial charge < -0.3 is 10.6 Å². The quantitative estimate of drug-likeness (QED) is 0.708. The van der Waals surface area contributed by atoms with E-state index >= 15 is 0 Å². The Hall–Kier alpha value is -3.55. The molecule has 0 unspecified atom stereocenters. The average Bonchev–Trinajstić information content (AvgIpc) is 3.27. The van der Waals surface area contributed by atoms with E-state index in [1.165, 1.54) is 18.3 Å². The molecule has 8 nitrogen and oxygen atoms in total. The van der Waals surface area contributed by atoms with E-state index in [1.807, 2.05) is 18.2 Å². The zero-order valence-electron chi connectivity index (χ0n) is 15.3. The van der Waals surface area contributed by atoms with Crippen LogP contribution in [0.5, 0.6) is 0 Å². The van der Waals surface area contributed by atoms with Crippen molar-refractivity contribution in [3.8, 4) is 5.69 Å². The molecular formula is C20H20N6O2. The number of fused-ring (bicyclic) bond motifs is 1. The van der Waals surface area contributed by atoms with Crippen LogP contribution in [0.3, 0.4) is 0 Å². The molecule has 142 valence electrons. The molecule has 3 aromatic rings. The predicted molar refractivity (Wildman–Crippen MR) is 103 cm³/mol. The largest absolute Gasteiger partial charge is 0.342 e. The van der Waals surface area contributed by atoms with Gasteiger partial charge in [-0.15, -0.1) is 0 Å². The molecule has 1 aliphatic rings. The molecular weight excluding hydrogens is 356 g/mol. The Bertz CT molecular complexity index is 982. The van der Waals surface area contributed by atoms with Crippen molar-refractivity contribution in [3.63, 3.8) is 0 Å². The number of carbonyl (C=O) groups excluding carboxylic acids is 2. The van der Waals surface area contributed by atoms with Crippen LogP contribution in [-0.2, 0) is 17.6 Å². The number of anilines is 1. The van der Waals surface area contributed by atoms with Gasteiger partial charge in [-0.25, -0.2) is 14.6 Å². The van der Waals surface area contributed by atoms with E-state index in [4.69, 9.17) is 0 Å². The van der Waals surface area contributed by atoms with E-state index in [2.05, 4.69) is 25.7 Å². The summed E-state index contributed by atoms with van der Waals surface area (Å²) < 4.78 is 1.62. The number of pyridine rings is 1. The molecule has 2 N–H and O–H groups in total. The van der Waals surface area contributed by atoms with E-state index in [9.17, 15) is 9.59 Å². The number of nitrogens with one attached hydrogen (secondary N) is 2. The molecule has 2 aromatic heterocycles. The fourth-order valence-electron chi connectivity index (χ4n) is 3.20. The van der Waals surface area contributed by atoms with Gasteiger partial charge in [0.15, 0.2) is 0 Å². The number of benzene rings is 1. The first-order valence-corrected chi connectivity index (χ1v) is 9.21. The van der Waals surface area contributed by atoms with Crippen molar-refractivity contribution in [1.29, 1.82) is 0 Å². The lowest BCUT2D eigenvalue weighted by atomic mass is 9.96. The van der Waals surface area contributed by atoms with Crippen molar-refractivity contribution < 1.29 is 9.59 Å². The number of hydrogen-bond acceptors (Lipinski definition) is 5. The molecule has 1 aromatic carbocycles. The van der Waals surface area contributed by atoms with Crippen LogP contribution in [0.15, 0.2) is 49.1 Å². The molecule has 1 aliphatic carbocycles. The summed E-state index contributed by atoms with van der Waals surface area (Å²) in [5.41, 5.74) is 4.04. The molecule has 0 spiro atoms. The van der Waals surface area contributed by atoms with Gasteiger partial charge in [0.2, 0.25) is 5.91 Å². The normalized spacial score (nSPS) is 12.9. The molecule has 8 heteroatoms. The lowest BCUT2D eigenvalue weighted by molar-refractivity contribution is -0.115. The second-order valence-electron chi connectivity index (χ2n) is 6.63. The topological polar surface area (TPSA) is 102 Å². The molecule has 0 saturated heterocycles. The maximum Gasteiger partial charge on any atom is 0.270 e. The van der Waals surface area contributed by atoms with Crippen LogP contribution in [0.4, 0.5) is 5.69 Å². The van der Waals surface area contributed by atoms with Gasteiger partial charge in [-0.05, 0) is 61.6 Å². The fraction of sp³-hybridized carbons (Fsp3) is 0.250. The second kappa shape index (κ2) is 7.99. The van der Waals surface area contributed by atoms with Crippen LogP contribution in [0.25, 0.3) is 5.69 Å². The maximum atomic E-state index is 12.3. The summed E-state index contributed by atoms with van der Waals surface area (Å²) in [6, 6.07) is 10.9. The Morgan fingerprint density at radius 2 is 1.86 bits per heavy atom. The van der Waals surface area contributed by atoms with E-state index in [0.29, 0.717) is 11.4 Å². The van der Waals surface area contributed by atoms with Gasteiger partial charge in [0.05, 0.1) is 12.2 Å². The molecule has 0 saturated carbocycles. The van der Waals surface area contributed by atoms with Gasteiger partial charge >= 0.3 is 0 Å². The highest BCUT2D eigenvalue weighted by Gasteiger charge is 2.15. The lowest BCUT2D eigenvalue weighted by Gasteiger charge is -2.15. The minimum Gasteiger partial charge on any atom is -0.342 e. The Morgan fingerprint density at radius 1 is 1.04 bits per heavy atom. The Kier molecular flexibility index (Phi) is 5.09. The fourth-order valence-corrected chi connectivity index (χ4v) is 3.20. The van der Waals surface area contributed by atoms with Crippen molar-refractivity contribution in [1.82, 2.24) is 25.1 Å². The lowest BCUT2D eigenvalue weighted by Crippen LogP contribution is -2.33. The maximum absolute atomic E-state index is 12.3. The molecule has 28 heavy (non-hydrogen) atoms. The number of carbonyl (C=O) groups is 2. The summed E-state index contributed by atoms with van der Waals surface area (Å²) in [6.07, 6.45) is 7.24. The van der Waals surface area contributed by atoms with Crippen molar-refractivity contribution in [2.24, 2.45) is 0 Å². The Balaban J connectivity index is 1.31. The van der Waals surface area contributed by atoms with Crippen LogP contribution in [0.2, 0.25) is 0 Å². The third-order valence-corrected chi connectivity index (χ3v) is 4.65. The molecule has 0 fully saturated rings. The minimum atomic E-state index is -0.343. The summed E-state index contributed by atoms with van der Waals surface area (Å²) in [5, 5.41) is 9.42. The molecule has 0 radical (unpaired) electrons. The summed E-state index contributed by atoms with van der Waals surface area (Å²) in [6.45, 7) is -0.123. The third kappa shape index (κ3) is 4.06. The molecule has 2 heterocycles. The van der Waals surface area contributed by atoms with Crippen LogP contribution >= 0.6 is 0 Å². The molecule has 4 rings (SSSR count). The highest BCUT2D eigenvalue weighted by atomic mass is 16.2. The second-order valence-corrected chi connectivity index (χ2v) is 6.63. The van der Waals surface area contributed by atoms with Gasteiger partial charge in [0, 0.05) is 11.4 Å². The van der Waals surface area contributed by atoms with Gasteiger partial charge in [-0.2, -0.15) is 5.10 Å². The third-order valence-electron chi connectivity index (χ3n) is 4.65. The SMILES string of the molecule is O=C(CNC(=O)c1ccc2c(n1)CCCC2)Nc1ccc(-n2cncn2)cc1. The Morgan fingerprint density at radius 3 is 2.64 bits per heavy atom. The number of rotatable bonds is 5. The van der Waals surface area contributed by atoms with Crippen molar-refractivity contribution in [3.05, 3.63) is 66.0 Å². The van der Waals surface area contributed by atoms with Crippen molar-refractivity contribution in [2.75, 3.05) is 11.9 Å². The van der Waals surface area contributed by atoms with Crippen molar-refractivity contribution >= 4 is 17.5 Å². The number of nitrogens with zero attached hydrogens (tertiary/aromatic N) is 4. The first-order chi connectivity index (χ1) is 13.7. The van der Waals surface area contributed by atoms with Crippen LogP contribution in [0.1, 0.15) is 34.6 Å². The van der Waals surface area contributed by atoms with Gasteiger partial charge in [-0.3, -0.25) is 9.59 Å². The van der Waals surface area contributed by atoms with Gasteiger partial charge in [-0.1, -0.05) is 6.07 Å². The summed E-state index contributed by atoms with van der Waals surface area (Å²) in [7, 11) is 0. The first kappa shape index (κ1) is 17.8. The standard InChI is InChI=1S/C20H20N6O2/c27-19(24-15-6-8-16(9-7-15)26-13-21-12-23-26)11-22-20(28)18-10-5-14-3-1-2-4-17(14)25-18/h5-10,12-13H,1-4,11H2,(H,22,28)(H,24,27). The summed E-state index contributed by atoms with van der Waals surface area (Å²) in [4.78, 5) is 32.8. The average molecular weight is 376 g/mol. The van der Waals surface area contributed by atoms with E-state index in [0.717, 1.165) is 30.6 Å². The van der Waals surface area contributed by atoms with E-state index in [1.54, 1.807) is 29.2 Å². The highest BCUT2D eigenvalue weighted by Crippen LogP contribution is 2.19. The smallest absolute Gasteiger partial charge is 0.270 e. The number of amides is 2. The zero-order chi connectivity index (χ0) is 19.3. The van der Waals surface area contributed by atoms with Crippen molar-refractivity contribution in [2.45, 2.75) is 25.7 Å². The minimum absolute atomic E-state index is 0.123. The van der Waals surface area contributed by atoms with E-state index in [-0.39, 0.29) is 18.4 Å². The summed E-state index contributed by atoms with van der Waals surface area (Å²) in [5.74, 6) is -0.648. The monoisotopic (exact) mass is 376 g/mol. The van der Waals surface area contributed by atoms with Crippen LogP contribution in [0, 0.1) is 0 Å². The highest BCUT2D eigenvalue weighted by molar-refractivity contribution is 5.98. The van der Waals surface area contributed by atoms with Crippen LogP contribution < -0.4 is 10.6 Å². The number of hydrogen-bond donors (Lipinski definition) is 2. The van der Waals surface area contributed by atoms with Crippen LogP contribution in [-0.4, -0.2) is 38.1 Å². The molecule has 0 bridgehead atoms. The Labute approximate surface area is 162 Å². The summed E-state index contributed by atoms with van der Waals surface area (Å²) >= 11 is 0. The molecule has 0 atom stereocenters. The number of aromatic nitrogens is 4. The zero-order valence-corrected chi connectivity index (χ0v) is 15.3. The predicted octanol–water partition coefficient (Wildman–Crippen LogP) is 1.91. The number of aryl methyl sites for hydroxylation is 2. The van der Waals surface area contributed by atoms with Gasteiger partial charge in [0.25, 0.3) is 5.91 Å². The van der Waals surface area contributed by atoms with E-state index < -0.39 is 0 Å². The first-order valence-electron chi connectivity index (χ1n) is 9.21. The molecule has 0 aliphatic heterocycles. The molecule has 2 amide bonds.